The molecule has 25 heteroatoms. The third-order valence-electron chi connectivity index (χ3n) is 7.90. The fourth-order valence-electron chi connectivity index (χ4n) is 4.99. The van der Waals surface area contributed by atoms with Crippen LogP contribution in [0, 0.1) is 0 Å². The number of β-lactam (4-membered cyclic amide) rings is 1. The molecule has 2 aliphatic heterocycles. The monoisotopic (exact) mass is 811 g/mol. The number of ether oxygens (including phenoxy) is 1. The highest BCUT2D eigenvalue weighted by Crippen LogP contribution is 2.41. The van der Waals surface area contributed by atoms with Gasteiger partial charge in [0.15, 0.2) is 33.8 Å². The third kappa shape index (κ3) is 8.02. The summed E-state index contributed by atoms with van der Waals surface area (Å²) in [4.78, 5) is 75.8. The van der Waals surface area contributed by atoms with Crippen LogP contribution in [0.15, 0.2) is 58.4 Å². The summed E-state index contributed by atoms with van der Waals surface area (Å²) in [7, 11) is 0. The number of nitrogens with zero attached hydrogens (tertiary/aromatic N) is 7. The molecular formula is C31H29N11O12S2. The molecule has 23 nitrogen and oxygen atoms in total. The molecule has 2 aromatic heterocycles. The van der Waals surface area contributed by atoms with Crippen LogP contribution in [0.4, 0.5) is 9.93 Å². The van der Waals surface area contributed by atoms with E-state index in [0.29, 0.717) is 5.56 Å². The Bertz CT molecular complexity index is 2330. The number of anilines is 1. The van der Waals surface area contributed by atoms with Crippen LogP contribution in [0.25, 0.3) is 11.4 Å². The minimum absolute atomic E-state index is 0.0533. The lowest BCUT2D eigenvalue weighted by atomic mass is 10.1. The number of thioether (sulfide) groups is 1. The number of hydrogen-bond donors (Lipinski definition) is 9. The van der Waals surface area contributed by atoms with Crippen molar-refractivity contribution < 1.29 is 59.1 Å². The first-order valence-electron chi connectivity index (χ1n) is 15.8. The second-order valence-corrected chi connectivity index (χ2v) is 14.2. The average molecular weight is 812 g/mol. The lowest BCUT2D eigenvalue weighted by Crippen LogP contribution is -2.70. The molecule has 2 aliphatic rings. The molecule has 2 aromatic carbocycles. The zero-order chi connectivity index (χ0) is 40.5. The number of fused-ring (bicyclic) bond motifs is 1. The van der Waals surface area contributed by atoms with E-state index in [1.165, 1.54) is 43.5 Å². The van der Waals surface area contributed by atoms with Gasteiger partial charge in [0.2, 0.25) is 17.3 Å². The fourth-order valence-corrected chi connectivity index (χ4v) is 6.85. The highest BCUT2D eigenvalue weighted by Gasteiger charge is 2.54. The Balaban J connectivity index is 1.15. The average Bonchev–Trinajstić information content (AvgIpc) is 3.80. The molecule has 0 saturated carbocycles. The number of hydrogen-bond acceptors (Lipinski definition) is 19. The number of hydrazine groups is 1. The molecule has 4 amide bonds. The number of rotatable bonds is 11. The molecule has 0 aliphatic carbocycles. The van der Waals surface area contributed by atoms with E-state index in [-0.39, 0.29) is 51.7 Å². The number of phenols is 4. The summed E-state index contributed by atoms with van der Waals surface area (Å²) in [5.74, 6) is -5.39. The zero-order valence-corrected chi connectivity index (χ0v) is 30.4. The molecular weight excluding hydrogens is 783 g/mol. The molecule has 6 rings (SSSR count). The van der Waals surface area contributed by atoms with Gasteiger partial charge in [-0.15, -0.1) is 33.3 Å². The molecule has 1 fully saturated rings. The minimum atomic E-state index is -1.84. The number of nitrogens with one attached hydrogen (secondary N) is 3. The first kappa shape index (κ1) is 38.6. The van der Waals surface area contributed by atoms with Crippen LogP contribution >= 0.6 is 23.1 Å². The molecule has 10 N–H and O–H groups in total. The van der Waals surface area contributed by atoms with E-state index in [0.717, 1.165) is 44.9 Å². The minimum Gasteiger partial charge on any atom is -0.504 e. The summed E-state index contributed by atoms with van der Waals surface area (Å²) < 4.78 is 5.02. The Labute approximate surface area is 321 Å². The van der Waals surface area contributed by atoms with E-state index in [1.807, 2.05) is 0 Å². The van der Waals surface area contributed by atoms with Gasteiger partial charge in [-0.1, -0.05) is 5.16 Å². The molecule has 0 spiro atoms. The van der Waals surface area contributed by atoms with Crippen molar-refractivity contribution in [3.63, 3.8) is 0 Å². The number of tetrazole rings is 1. The van der Waals surface area contributed by atoms with Gasteiger partial charge in [-0.2, -0.15) is 4.80 Å². The lowest BCUT2D eigenvalue weighted by molar-refractivity contribution is -0.148. The number of carboxylic acid groups (broad SMARTS) is 1. The summed E-state index contributed by atoms with van der Waals surface area (Å²) in [6.45, 7) is 2.37. The van der Waals surface area contributed by atoms with Gasteiger partial charge >= 0.3 is 6.16 Å². The number of aromatic nitrogens is 5. The van der Waals surface area contributed by atoms with E-state index >= 15 is 0 Å². The maximum atomic E-state index is 13.6. The van der Waals surface area contributed by atoms with E-state index < -0.39 is 69.8 Å². The van der Waals surface area contributed by atoms with Crippen LogP contribution in [-0.4, -0.2) is 114 Å². The predicted octanol–water partition coefficient (Wildman–Crippen LogP) is 0.168. The number of benzene rings is 2. The zero-order valence-electron chi connectivity index (χ0n) is 28.7. The van der Waals surface area contributed by atoms with Crippen molar-refractivity contribution in [2.24, 2.45) is 5.16 Å². The normalized spacial score (nSPS) is 16.7. The summed E-state index contributed by atoms with van der Waals surface area (Å²) in [5.41, 5.74) is 8.17. The van der Waals surface area contributed by atoms with E-state index in [2.05, 4.69) is 41.7 Å². The standard InChI is InChI=1S/C31H29N11O12S2/c1-31(2,28(50)37-36-23(47)13-4-6-17(44)19(46)8-13)54-39-20(15-11-56-29(32)33-15)24(48)34-21-25(49)42-26(53-30(51)52)14(10-55-27(21)42)9-41-38-22(35-40-41)12-3-5-16(43)18(45)7-12/h3-8,11,21,27,43-46H,9-10H2,1-2H3,(H2,32,33)(H,34,48)(H,36,47)(H,37,50)(H,51,52)/b39-20-/t21-,27-/m1/s1. The molecule has 292 valence electrons. The van der Waals surface area contributed by atoms with Crippen molar-refractivity contribution >= 4 is 63.7 Å². The molecule has 2 atom stereocenters. The van der Waals surface area contributed by atoms with Crippen LogP contribution in [0.1, 0.15) is 29.9 Å². The molecule has 4 aromatic rings. The first-order chi connectivity index (χ1) is 26.5. The van der Waals surface area contributed by atoms with Crippen LogP contribution in [0.5, 0.6) is 23.0 Å². The van der Waals surface area contributed by atoms with Gasteiger partial charge in [-0.05, 0) is 55.5 Å². The van der Waals surface area contributed by atoms with Gasteiger partial charge in [-0.3, -0.25) is 34.9 Å². The maximum Gasteiger partial charge on any atom is 0.512 e. The van der Waals surface area contributed by atoms with Crippen molar-refractivity contribution in [1.29, 1.82) is 0 Å². The Morgan fingerprint density at radius 3 is 2.41 bits per heavy atom. The fraction of sp³-hybridized carbons (Fsp3) is 0.226. The van der Waals surface area contributed by atoms with Crippen LogP contribution in [0.3, 0.4) is 0 Å². The van der Waals surface area contributed by atoms with Crippen LogP contribution < -0.4 is 21.9 Å². The SMILES string of the molecule is CC(C)(O/N=C(\C(=O)N[C@@H]1C(=O)N2C(OC(=O)O)=C(Cn3nnc(-c4ccc(O)c(O)c4)n3)CS[C@H]12)c1csc(N)n1)C(=O)NNC(=O)c1ccc(O)c(O)c1. The van der Waals surface area contributed by atoms with Crippen molar-refractivity contribution in [2.45, 2.75) is 37.4 Å². The van der Waals surface area contributed by atoms with E-state index in [4.69, 9.17) is 15.3 Å². The van der Waals surface area contributed by atoms with Gasteiger partial charge in [0.1, 0.15) is 17.1 Å². The summed E-state index contributed by atoms with van der Waals surface area (Å²) in [6.07, 6.45) is -1.71. The van der Waals surface area contributed by atoms with Crippen LogP contribution in [0.2, 0.25) is 0 Å². The van der Waals surface area contributed by atoms with E-state index in [1.54, 1.807) is 0 Å². The predicted molar refractivity (Wildman–Crippen MR) is 191 cm³/mol. The number of phenolic OH excluding ortho intramolecular Hbond substituents is 4. The third-order valence-corrected chi connectivity index (χ3v) is 9.91. The van der Waals surface area contributed by atoms with Gasteiger partial charge in [0.05, 0.1) is 6.54 Å². The van der Waals surface area contributed by atoms with Crippen molar-refractivity contribution in [3.8, 4) is 34.4 Å². The first-order valence-corrected chi connectivity index (χ1v) is 17.7. The Hall–Kier alpha value is -7.15. The maximum absolute atomic E-state index is 13.6. The lowest BCUT2D eigenvalue weighted by Gasteiger charge is -2.49. The molecule has 0 unspecified atom stereocenters. The number of thiazole rings is 1. The number of carbonyl (C=O) groups is 5. The van der Waals surface area contributed by atoms with Gasteiger partial charge in [-0.25, -0.2) is 9.78 Å². The van der Waals surface area contributed by atoms with Gasteiger partial charge in [0, 0.05) is 27.8 Å². The second-order valence-electron chi connectivity index (χ2n) is 12.2. The Morgan fingerprint density at radius 2 is 1.75 bits per heavy atom. The van der Waals surface area contributed by atoms with Gasteiger partial charge in [0.25, 0.3) is 23.6 Å². The van der Waals surface area contributed by atoms with Crippen molar-refractivity contribution in [2.75, 3.05) is 11.5 Å². The highest BCUT2D eigenvalue weighted by molar-refractivity contribution is 8.00. The van der Waals surface area contributed by atoms with Crippen LogP contribution in [-0.2, 0) is 30.5 Å². The number of oxime groups is 1. The number of aromatic hydroxyl groups is 4. The molecule has 56 heavy (non-hydrogen) atoms. The highest BCUT2D eigenvalue weighted by atomic mass is 32.2. The van der Waals surface area contributed by atoms with Crippen molar-refractivity contribution in [3.05, 3.63) is 64.5 Å². The molecule has 0 radical (unpaired) electrons. The summed E-state index contributed by atoms with van der Waals surface area (Å²) in [5, 5.41) is 67.1. The van der Waals surface area contributed by atoms with Gasteiger partial charge < -0.3 is 46.2 Å². The Morgan fingerprint density at radius 1 is 1.04 bits per heavy atom. The second kappa shape index (κ2) is 15.3. The summed E-state index contributed by atoms with van der Waals surface area (Å²) in [6, 6.07) is 5.94. The number of nitrogen functional groups attached to an aromatic ring is 1. The molecule has 4 heterocycles. The number of carbonyl (C=O) groups excluding carboxylic acids is 4. The van der Waals surface area contributed by atoms with Crippen molar-refractivity contribution in [1.82, 2.24) is 46.3 Å². The summed E-state index contributed by atoms with van der Waals surface area (Å²) >= 11 is 2.12. The van der Waals surface area contributed by atoms with E-state index in [9.17, 15) is 49.5 Å². The smallest absolute Gasteiger partial charge is 0.504 e. The molecule has 1 saturated heterocycles. The molecule has 0 bridgehead atoms. The topological polar surface area (TPSA) is 339 Å². The number of amides is 4. The quantitative estimate of drug-likeness (QED) is 0.0320. The largest absolute Gasteiger partial charge is 0.512 e. The number of nitrogens with two attached hydrogens (primary N) is 1. The Kier molecular flexibility index (Phi) is 10.5.